The molecule has 1 saturated carbocycles. The van der Waals surface area contributed by atoms with Crippen LogP contribution in [0.15, 0.2) is 24.3 Å². The summed E-state index contributed by atoms with van der Waals surface area (Å²) in [5.74, 6) is 1.98. The zero-order valence-electron chi connectivity index (χ0n) is 13.3. The zero-order chi connectivity index (χ0) is 15.6. The SMILES string of the molecule is CCOc1cccc(NC(=S)NCCSC2CCCCC2)c1. The molecule has 2 rings (SSSR count). The minimum atomic E-state index is 0.671. The Balaban J connectivity index is 1.63. The van der Waals surface area contributed by atoms with Crippen molar-refractivity contribution >= 4 is 34.8 Å². The summed E-state index contributed by atoms with van der Waals surface area (Å²) >= 11 is 7.43. The fraction of sp³-hybridized carbons (Fsp3) is 0.588. The second kappa shape index (κ2) is 9.95. The predicted molar refractivity (Wildman–Crippen MR) is 101 cm³/mol. The summed E-state index contributed by atoms with van der Waals surface area (Å²) in [6.07, 6.45) is 7.00. The van der Waals surface area contributed by atoms with Gasteiger partial charge in [-0.05, 0) is 44.1 Å². The largest absolute Gasteiger partial charge is 0.494 e. The molecule has 0 spiro atoms. The fourth-order valence-corrected chi connectivity index (χ4v) is 4.07. The maximum Gasteiger partial charge on any atom is 0.170 e. The Labute approximate surface area is 143 Å². The van der Waals surface area contributed by atoms with E-state index in [1.54, 1.807) is 0 Å². The third kappa shape index (κ3) is 6.44. The molecule has 0 bridgehead atoms. The molecule has 22 heavy (non-hydrogen) atoms. The van der Waals surface area contributed by atoms with Crippen molar-refractivity contribution in [1.82, 2.24) is 5.32 Å². The number of hydrogen-bond donors (Lipinski definition) is 2. The number of hydrogen-bond acceptors (Lipinski definition) is 3. The Morgan fingerprint density at radius 1 is 1.32 bits per heavy atom. The van der Waals surface area contributed by atoms with Crippen LogP contribution in [0.2, 0.25) is 0 Å². The standard InChI is InChI=1S/C17H26N2OS2/c1-2-20-15-8-6-7-14(13-15)19-17(21)18-11-12-22-16-9-4-3-5-10-16/h6-8,13,16H,2-5,9-12H2,1H3,(H2,18,19,21). The Hall–Kier alpha value is -0.940. The van der Waals surface area contributed by atoms with Crippen molar-refractivity contribution in [3.63, 3.8) is 0 Å². The van der Waals surface area contributed by atoms with Gasteiger partial charge in [0.15, 0.2) is 5.11 Å². The average Bonchev–Trinajstić information content (AvgIpc) is 2.53. The van der Waals surface area contributed by atoms with Crippen LogP contribution in [0, 0.1) is 0 Å². The van der Waals surface area contributed by atoms with E-state index in [0.717, 1.165) is 29.0 Å². The summed E-state index contributed by atoms with van der Waals surface area (Å²) in [6, 6.07) is 7.88. The maximum atomic E-state index is 5.49. The molecule has 0 saturated heterocycles. The monoisotopic (exact) mass is 338 g/mol. The molecule has 1 aromatic rings. The fourth-order valence-electron chi connectivity index (χ4n) is 2.63. The minimum Gasteiger partial charge on any atom is -0.494 e. The van der Waals surface area contributed by atoms with E-state index < -0.39 is 0 Å². The van der Waals surface area contributed by atoms with Crippen molar-refractivity contribution in [3.05, 3.63) is 24.3 Å². The van der Waals surface area contributed by atoms with Gasteiger partial charge in [-0.1, -0.05) is 25.3 Å². The van der Waals surface area contributed by atoms with Crippen LogP contribution in [0.5, 0.6) is 5.75 Å². The lowest BCUT2D eigenvalue weighted by atomic mass is 10.0. The molecule has 3 nitrogen and oxygen atoms in total. The molecule has 1 aliphatic carbocycles. The summed E-state index contributed by atoms with van der Waals surface area (Å²) in [5.41, 5.74) is 0.961. The first-order valence-electron chi connectivity index (χ1n) is 8.17. The topological polar surface area (TPSA) is 33.3 Å². The van der Waals surface area contributed by atoms with Crippen LogP contribution in [0.25, 0.3) is 0 Å². The van der Waals surface area contributed by atoms with Gasteiger partial charge < -0.3 is 15.4 Å². The molecule has 1 aliphatic rings. The quantitative estimate of drug-likeness (QED) is 0.567. The number of ether oxygens (including phenoxy) is 1. The van der Waals surface area contributed by atoms with Crippen molar-refractivity contribution in [2.45, 2.75) is 44.3 Å². The van der Waals surface area contributed by atoms with Crippen LogP contribution >= 0.6 is 24.0 Å². The highest BCUT2D eigenvalue weighted by Crippen LogP contribution is 2.27. The van der Waals surface area contributed by atoms with Crippen molar-refractivity contribution in [3.8, 4) is 5.75 Å². The highest BCUT2D eigenvalue weighted by atomic mass is 32.2. The molecule has 0 unspecified atom stereocenters. The van der Waals surface area contributed by atoms with E-state index in [0.29, 0.717) is 11.7 Å². The molecular formula is C17H26N2OS2. The summed E-state index contributed by atoms with van der Waals surface area (Å²) in [6.45, 7) is 3.57. The number of rotatable bonds is 7. The van der Waals surface area contributed by atoms with E-state index in [1.807, 2.05) is 31.2 Å². The van der Waals surface area contributed by atoms with Crippen LogP contribution < -0.4 is 15.4 Å². The van der Waals surface area contributed by atoms with E-state index in [1.165, 1.54) is 32.1 Å². The Kier molecular flexibility index (Phi) is 7.88. The lowest BCUT2D eigenvalue weighted by Gasteiger charge is -2.21. The highest BCUT2D eigenvalue weighted by molar-refractivity contribution is 7.99. The van der Waals surface area contributed by atoms with Gasteiger partial charge in [0.2, 0.25) is 0 Å². The number of thioether (sulfide) groups is 1. The number of anilines is 1. The molecule has 0 heterocycles. The van der Waals surface area contributed by atoms with Crippen molar-refractivity contribution in [2.75, 3.05) is 24.2 Å². The highest BCUT2D eigenvalue weighted by Gasteiger charge is 2.13. The van der Waals surface area contributed by atoms with Gasteiger partial charge in [-0.25, -0.2) is 0 Å². The third-order valence-corrected chi connectivity index (χ3v) is 5.33. The van der Waals surface area contributed by atoms with E-state index in [-0.39, 0.29) is 0 Å². The second-order valence-electron chi connectivity index (χ2n) is 5.47. The van der Waals surface area contributed by atoms with Gasteiger partial charge in [0.05, 0.1) is 6.61 Å². The van der Waals surface area contributed by atoms with Gasteiger partial charge in [-0.3, -0.25) is 0 Å². The molecule has 2 N–H and O–H groups in total. The normalized spacial score (nSPS) is 15.3. The van der Waals surface area contributed by atoms with E-state index in [9.17, 15) is 0 Å². The van der Waals surface area contributed by atoms with Crippen LogP contribution in [-0.4, -0.2) is 29.3 Å². The van der Waals surface area contributed by atoms with Gasteiger partial charge in [-0.15, -0.1) is 0 Å². The lowest BCUT2D eigenvalue weighted by molar-refractivity contribution is 0.340. The molecule has 0 radical (unpaired) electrons. The Bertz CT molecular complexity index is 462. The molecule has 0 aromatic heterocycles. The minimum absolute atomic E-state index is 0.671. The van der Waals surface area contributed by atoms with Gasteiger partial charge in [-0.2, -0.15) is 11.8 Å². The lowest BCUT2D eigenvalue weighted by Crippen LogP contribution is -2.30. The zero-order valence-corrected chi connectivity index (χ0v) is 14.9. The summed E-state index contributed by atoms with van der Waals surface area (Å²) in [4.78, 5) is 0. The van der Waals surface area contributed by atoms with Crippen molar-refractivity contribution in [1.29, 1.82) is 0 Å². The molecule has 5 heteroatoms. The predicted octanol–water partition coefficient (Wildman–Crippen LogP) is 4.44. The molecule has 1 aromatic carbocycles. The molecule has 0 atom stereocenters. The second-order valence-corrected chi connectivity index (χ2v) is 7.29. The first-order valence-corrected chi connectivity index (χ1v) is 9.63. The Morgan fingerprint density at radius 2 is 2.14 bits per heavy atom. The summed E-state index contributed by atoms with van der Waals surface area (Å²) < 4.78 is 5.49. The smallest absolute Gasteiger partial charge is 0.170 e. The van der Waals surface area contributed by atoms with Gasteiger partial charge in [0.1, 0.15) is 5.75 Å². The summed E-state index contributed by atoms with van der Waals surface area (Å²) in [5, 5.41) is 8.03. The molecule has 1 fully saturated rings. The molecular weight excluding hydrogens is 312 g/mol. The van der Waals surface area contributed by atoms with Gasteiger partial charge in [0.25, 0.3) is 0 Å². The van der Waals surface area contributed by atoms with E-state index in [2.05, 4.69) is 22.4 Å². The van der Waals surface area contributed by atoms with Crippen molar-refractivity contribution < 1.29 is 4.74 Å². The first-order chi connectivity index (χ1) is 10.8. The van der Waals surface area contributed by atoms with Crippen molar-refractivity contribution in [2.24, 2.45) is 0 Å². The Morgan fingerprint density at radius 3 is 2.91 bits per heavy atom. The molecule has 122 valence electrons. The number of nitrogens with one attached hydrogen (secondary N) is 2. The van der Waals surface area contributed by atoms with E-state index >= 15 is 0 Å². The van der Waals surface area contributed by atoms with Crippen LogP contribution in [0.4, 0.5) is 5.69 Å². The first kappa shape index (κ1) is 17.4. The molecule has 0 aliphatic heterocycles. The van der Waals surface area contributed by atoms with Crippen LogP contribution in [0.1, 0.15) is 39.0 Å². The third-order valence-electron chi connectivity index (χ3n) is 3.70. The van der Waals surface area contributed by atoms with Gasteiger partial charge >= 0.3 is 0 Å². The van der Waals surface area contributed by atoms with E-state index in [4.69, 9.17) is 17.0 Å². The maximum absolute atomic E-state index is 5.49. The van der Waals surface area contributed by atoms with Crippen LogP contribution in [0.3, 0.4) is 0 Å². The molecule has 0 amide bonds. The summed E-state index contributed by atoms with van der Waals surface area (Å²) in [7, 11) is 0. The van der Waals surface area contributed by atoms with Crippen LogP contribution in [-0.2, 0) is 0 Å². The van der Waals surface area contributed by atoms with Gasteiger partial charge in [0, 0.05) is 29.3 Å². The number of thiocarbonyl (C=S) groups is 1. The number of benzene rings is 1. The average molecular weight is 339 g/mol.